The summed E-state index contributed by atoms with van der Waals surface area (Å²) in [6.45, 7) is 0. The maximum Gasteiger partial charge on any atom is 0.137 e. The third-order valence-corrected chi connectivity index (χ3v) is 10.4. The van der Waals surface area contributed by atoms with Gasteiger partial charge in [-0.15, -0.1) is 0 Å². The fourth-order valence-corrected chi connectivity index (χ4v) is 7.97. The number of anilines is 6. The van der Waals surface area contributed by atoms with Crippen molar-refractivity contribution in [2.75, 3.05) is 9.80 Å². The summed E-state index contributed by atoms with van der Waals surface area (Å²) < 4.78 is 6.71. The van der Waals surface area contributed by atoms with Crippen LogP contribution in [0.25, 0.3) is 55.0 Å². The van der Waals surface area contributed by atoms with E-state index in [0.29, 0.717) is 0 Å². The van der Waals surface area contributed by atoms with E-state index in [0.717, 1.165) is 67.2 Å². The Morgan fingerprint density at radius 3 is 1.60 bits per heavy atom. The van der Waals surface area contributed by atoms with Gasteiger partial charge in [-0.1, -0.05) is 146 Å². The standard InChI is InChI=1S/C52H36N2O/c1-5-17-37(18-6-1)46-29-16-30-49-52(46)47-33-32-44(36-50(47)55-49)54(48-34-31-38-19-13-14-28-45(38)51(48)39-20-7-2-8-21-39)43-27-15-26-42(35-43)53(40-22-9-3-10-23-40)41-24-11-4-12-25-41/h1-36H. The van der Waals surface area contributed by atoms with Gasteiger partial charge >= 0.3 is 0 Å². The van der Waals surface area contributed by atoms with Crippen LogP contribution in [0.3, 0.4) is 0 Å². The second-order valence-electron chi connectivity index (χ2n) is 13.7. The summed E-state index contributed by atoms with van der Waals surface area (Å²) in [7, 11) is 0. The quantitative estimate of drug-likeness (QED) is 0.157. The van der Waals surface area contributed by atoms with Crippen molar-refractivity contribution in [2.24, 2.45) is 0 Å². The minimum absolute atomic E-state index is 0.842. The van der Waals surface area contributed by atoms with Gasteiger partial charge in [0.2, 0.25) is 0 Å². The summed E-state index contributed by atoms with van der Waals surface area (Å²) in [4.78, 5) is 4.70. The highest BCUT2D eigenvalue weighted by molar-refractivity contribution is 6.13. The topological polar surface area (TPSA) is 19.6 Å². The van der Waals surface area contributed by atoms with Crippen molar-refractivity contribution in [3.63, 3.8) is 0 Å². The zero-order chi connectivity index (χ0) is 36.6. The predicted octanol–water partition coefficient (Wildman–Crippen LogP) is 15.0. The summed E-state index contributed by atoms with van der Waals surface area (Å²) >= 11 is 0. The molecule has 0 fully saturated rings. The summed E-state index contributed by atoms with van der Waals surface area (Å²) in [5.74, 6) is 0. The molecule has 0 bridgehead atoms. The first-order valence-electron chi connectivity index (χ1n) is 18.7. The van der Waals surface area contributed by atoms with E-state index in [-0.39, 0.29) is 0 Å². The van der Waals surface area contributed by atoms with Crippen LogP contribution in [0.5, 0.6) is 0 Å². The van der Waals surface area contributed by atoms with E-state index in [4.69, 9.17) is 4.42 Å². The van der Waals surface area contributed by atoms with E-state index in [1.807, 2.05) is 0 Å². The van der Waals surface area contributed by atoms with Crippen LogP contribution in [0.15, 0.2) is 223 Å². The molecule has 10 aromatic rings. The lowest BCUT2D eigenvalue weighted by Crippen LogP contribution is -2.14. The number of furan rings is 1. The highest BCUT2D eigenvalue weighted by Gasteiger charge is 2.23. The third-order valence-electron chi connectivity index (χ3n) is 10.4. The molecule has 0 aliphatic heterocycles. The SMILES string of the molecule is c1ccc(-c2c(N(c3cccc(N(c4ccccc4)c4ccccc4)c3)c3ccc4c(c3)oc3cccc(-c5ccccc5)c34)ccc3ccccc23)cc1. The second-order valence-corrected chi connectivity index (χ2v) is 13.7. The molecule has 1 heterocycles. The molecule has 0 saturated carbocycles. The lowest BCUT2D eigenvalue weighted by molar-refractivity contribution is 0.669. The second kappa shape index (κ2) is 13.9. The number of hydrogen-bond donors (Lipinski definition) is 0. The Morgan fingerprint density at radius 2 is 0.891 bits per heavy atom. The fraction of sp³-hybridized carbons (Fsp3) is 0. The van der Waals surface area contributed by atoms with Crippen LogP contribution in [0.4, 0.5) is 34.1 Å². The zero-order valence-electron chi connectivity index (χ0n) is 30.1. The number of fused-ring (bicyclic) bond motifs is 4. The molecule has 0 N–H and O–H groups in total. The summed E-state index contributed by atoms with van der Waals surface area (Å²) in [6.07, 6.45) is 0. The van der Waals surface area contributed by atoms with Crippen molar-refractivity contribution >= 4 is 66.8 Å². The first-order valence-corrected chi connectivity index (χ1v) is 18.7. The first-order chi connectivity index (χ1) is 27.3. The maximum atomic E-state index is 6.71. The Balaban J connectivity index is 1.22. The van der Waals surface area contributed by atoms with Gasteiger partial charge in [-0.05, 0) is 94.2 Å². The van der Waals surface area contributed by atoms with Crippen LogP contribution in [-0.4, -0.2) is 0 Å². The van der Waals surface area contributed by atoms with Crippen LogP contribution in [-0.2, 0) is 0 Å². The monoisotopic (exact) mass is 704 g/mol. The molecule has 260 valence electrons. The highest BCUT2D eigenvalue weighted by Crippen LogP contribution is 2.47. The van der Waals surface area contributed by atoms with E-state index < -0.39 is 0 Å². The van der Waals surface area contributed by atoms with E-state index in [1.165, 1.54) is 21.9 Å². The summed E-state index contributed by atoms with van der Waals surface area (Å²) in [5.41, 5.74) is 12.7. The summed E-state index contributed by atoms with van der Waals surface area (Å²) in [5, 5.41) is 4.60. The minimum atomic E-state index is 0.842. The Bertz CT molecular complexity index is 2880. The number of rotatable bonds is 8. The number of benzene rings is 9. The molecule has 0 saturated heterocycles. The molecule has 0 aliphatic rings. The molecule has 9 aromatic carbocycles. The van der Waals surface area contributed by atoms with Crippen molar-refractivity contribution in [3.8, 4) is 22.3 Å². The van der Waals surface area contributed by atoms with Gasteiger partial charge in [0.25, 0.3) is 0 Å². The Labute approximate surface area is 320 Å². The van der Waals surface area contributed by atoms with Gasteiger partial charge in [-0.25, -0.2) is 0 Å². The lowest BCUT2D eigenvalue weighted by atomic mass is 9.95. The number of para-hydroxylation sites is 2. The van der Waals surface area contributed by atoms with Crippen LogP contribution in [0.1, 0.15) is 0 Å². The normalized spacial score (nSPS) is 11.3. The Hall–Kier alpha value is -7.36. The molecule has 3 heteroatoms. The summed E-state index contributed by atoms with van der Waals surface area (Å²) in [6, 6.07) is 77.4. The lowest BCUT2D eigenvalue weighted by Gasteiger charge is -2.31. The van der Waals surface area contributed by atoms with E-state index in [2.05, 4.69) is 228 Å². The highest BCUT2D eigenvalue weighted by atomic mass is 16.3. The van der Waals surface area contributed by atoms with Crippen molar-refractivity contribution < 1.29 is 4.42 Å². The van der Waals surface area contributed by atoms with Gasteiger partial charge in [0, 0.05) is 50.8 Å². The van der Waals surface area contributed by atoms with Crippen molar-refractivity contribution in [3.05, 3.63) is 218 Å². The van der Waals surface area contributed by atoms with E-state index >= 15 is 0 Å². The molecular weight excluding hydrogens is 669 g/mol. The average Bonchev–Trinajstić information content (AvgIpc) is 3.64. The largest absolute Gasteiger partial charge is 0.456 e. The van der Waals surface area contributed by atoms with Gasteiger partial charge in [0.15, 0.2) is 0 Å². The Morgan fingerprint density at radius 1 is 0.327 bits per heavy atom. The Kier molecular flexibility index (Phi) is 8.16. The van der Waals surface area contributed by atoms with Crippen molar-refractivity contribution in [1.29, 1.82) is 0 Å². The van der Waals surface area contributed by atoms with Gasteiger partial charge in [0.1, 0.15) is 11.2 Å². The zero-order valence-corrected chi connectivity index (χ0v) is 30.1. The molecule has 0 aliphatic carbocycles. The van der Waals surface area contributed by atoms with Crippen LogP contribution < -0.4 is 9.80 Å². The van der Waals surface area contributed by atoms with Gasteiger partial charge in [-0.2, -0.15) is 0 Å². The molecule has 0 unspecified atom stereocenters. The predicted molar refractivity (Wildman–Crippen MR) is 231 cm³/mol. The number of nitrogens with zero attached hydrogens (tertiary/aromatic N) is 2. The molecule has 0 atom stereocenters. The average molecular weight is 705 g/mol. The third kappa shape index (κ3) is 5.89. The minimum Gasteiger partial charge on any atom is -0.456 e. The molecule has 0 spiro atoms. The molecule has 0 radical (unpaired) electrons. The van der Waals surface area contributed by atoms with Crippen molar-refractivity contribution in [2.45, 2.75) is 0 Å². The maximum absolute atomic E-state index is 6.71. The first kappa shape index (κ1) is 32.3. The van der Waals surface area contributed by atoms with Crippen LogP contribution in [0, 0.1) is 0 Å². The molecule has 1 aromatic heterocycles. The number of hydrogen-bond acceptors (Lipinski definition) is 3. The van der Waals surface area contributed by atoms with Gasteiger partial charge < -0.3 is 14.2 Å². The molecule has 10 rings (SSSR count). The molecule has 55 heavy (non-hydrogen) atoms. The van der Waals surface area contributed by atoms with Crippen LogP contribution >= 0.6 is 0 Å². The van der Waals surface area contributed by atoms with Crippen LogP contribution in [0.2, 0.25) is 0 Å². The van der Waals surface area contributed by atoms with Gasteiger partial charge in [-0.3, -0.25) is 0 Å². The fourth-order valence-electron chi connectivity index (χ4n) is 7.97. The molecular formula is C52H36N2O. The van der Waals surface area contributed by atoms with E-state index in [1.54, 1.807) is 0 Å². The molecule has 3 nitrogen and oxygen atoms in total. The molecule has 0 amide bonds. The van der Waals surface area contributed by atoms with E-state index in [9.17, 15) is 0 Å². The van der Waals surface area contributed by atoms with Crippen molar-refractivity contribution in [1.82, 2.24) is 0 Å². The smallest absolute Gasteiger partial charge is 0.137 e. The van der Waals surface area contributed by atoms with Gasteiger partial charge in [0.05, 0.1) is 5.69 Å².